The Morgan fingerprint density at radius 1 is 1.19 bits per heavy atom. The van der Waals surface area contributed by atoms with Crippen LogP contribution >= 0.6 is 22.9 Å². The van der Waals surface area contributed by atoms with Gasteiger partial charge in [0, 0.05) is 4.88 Å². The van der Waals surface area contributed by atoms with E-state index in [1.807, 2.05) is 12.1 Å². The van der Waals surface area contributed by atoms with E-state index in [1.165, 1.54) is 10.4 Å². The van der Waals surface area contributed by atoms with Crippen LogP contribution in [0.4, 0.5) is 0 Å². The second kappa shape index (κ2) is 5.48. The van der Waals surface area contributed by atoms with Crippen LogP contribution in [0.3, 0.4) is 0 Å². The highest BCUT2D eigenvalue weighted by Gasteiger charge is 2.14. The number of halogens is 1. The molecule has 84 valence electrons. The summed E-state index contributed by atoms with van der Waals surface area (Å²) >= 11 is 7.62. The fraction of sp³-hybridized carbons (Fsp3) is 0.231. The van der Waals surface area contributed by atoms with Gasteiger partial charge in [0.2, 0.25) is 0 Å². The molecule has 1 N–H and O–H groups in total. The van der Waals surface area contributed by atoms with Gasteiger partial charge in [0.1, 0.15) is 0 Å². The molecule has 2 aromatic rings. The van der Waals surface area contributed by atoms with Crippen LogP contribution in [-0.4, -0.2) is 6.54 Å². The summed E-state index contributed by atoms with van der Waals surface area (Å²) in [4.78, 5) is 1.26. The molecule has 0 saturated heterocycles. The fourth-order valence-electron chi connectivity index (χ4n) is 1.72. The van der Waals surface area contributed by atoms with E-state index in [-0.39, 0.29) is 6.04 Å². The van der Waals surface area contributed by atoms with Gasteiger partial charge < -0.3 is 5.32 Å². The van der Waals surface area contributed by atoms with E-state index in [1.54, 1.807) is 11.3 Å². The molecule has 0 amide bonds. The predicted molar refractivity (Wildman–Crippen MR) is 71.3 cm³/mol. The lowest BCUT2D eigenvalue weighted by Crippen LogP contribution is -2.20. The quantitative estimate of drug-likeness (QED) is 0.863. The minimum absolute atomic E-state index is 0.253. The Kier molecular flexibility index (Phi) is 3.99. The van der Waals surface area contributed by atoms with Gasteiger partial charge in [0.25, 0.3) is 0 Å². The van der Waals surface area contributed by atoms with Crippen LogP contribution in [0.1, 0.15) is 23.4 Å². The lowest BCUT2D eigenvalue weighted by molar-refractivity contribution is 0.640. The second-order valence-electron chi connectivity index (χ2n) is 3.54. The van der Waals surface area contributed by atoms with Crippen molar-refractivity contribution in [2.45, 2.75) is 13.0 Å². The Morgan fingerprint density at radius 3 is 2.50 bits per heavy atom. The van der Waals surface area contributed by atoms with E-state index in [2.05, 4.69) is 42.6 Å². The first kappa shape index (κ1) is 11.6. The Balaban J connectivity index is 2.31. The molecule has 0 aliphatic rings. The highest BCUT2D eigenvalue weighted by Crippen LogP contribution is 2.30. The molecule has 1 aromatic carbocycles. The largest absolute Gasteiger partial charge is 0.306 e. The van der Waals surface area contributed by atoms with Crippen LogP contribution in [-0.2, 0) is 0 Å². The van der Waals surface area contributed by atoms with Crippen molar-refractivity contribution in [3.05, 3.63) is 57.2 Å². The number of rotatable bonds is 4. The van der Waals surface area contributed by atoms with E-state index in [0.29, 0.717) is 0 Å². The maximum atomic E-state index is 5.98. The zero-order chi connectivity index (χ0) is 11.4. The molecule has 1 unspecified atom stereocenters. The SMILES string of the molecule is CCNC(c1ccccc1)c1ccc(Cl)s1. The van der Waals surface area contributed by atoms with Crippen LogP contribution < -0.4 is 5.32 Å². The smallest absolute Gasteiger partial charge is 0.0931 e. The monoisotopic (exact) mass is 251 g/mol. The number of hydrogen-bond donors (Lipinski definition) is 1. The Bertz CT molecular complexity index is 438. The molecule has 3 heteroatoms. The fourth-order valence-corrected chi connectivity index (χ4v) is 2.88. The van der Waals surface area contributed by atoms with Crippen LogP contribution in [0.5, 0.6) is 0 Å². The van der Waals surface area contributed by atoms with Gasteiger partial charge in [-0.2, -0.15) is 0 Å². The number of thiophene rings is 1. The molecule has 1 atom stereocenters. The molecule has 1 aromatic heterocycles. The summed E-state index contributed by atoms with van der Waals surface area (Å²) in [5.41, 5.74) is 1.28. The van der Waals surface area contributed by atoms with Crippen molar-refractivity contribution in [2.75, 3.05) is 6.54 Å². The maximum Gasteiger partial charge on any atom is 0.0931 e. The normalized spacial score (nSPS) is 12.6. The van der Waals surface area contributed by atoms with Gasteiger partial charge in [-0.25, -0.2) is 0 Å². The Morgan fingerprint density at radius 2 is 1.94 bits per heavy atom. The van der Waals surface area contributed by atoms with Gasteiger partial charge >= 0.3 is 0 Å². The second-order valence-corrected chi connectivity index (χ2v) is 5.29. The average Bonchev–Trinajstić information content (AvgIpc) is 2.74. The van der Waals surface area contributed by atoms with E-state index in [0.717, 1.165) is 10.9 Å². The molecule has 0 aliphatic carbocycles. The topological polar surface area (TPSA) is 12.0 Å². The van der Waals surface area contributed by atoms with Crippen molar-refractivity contribution in [1.29, 1.82) is 0 Å². The summed E-state index contributed by atoms with van der Waals surface area (Å²) in [6, 6.07) is 14.7. The van der Waals surface area contributed by atoms with Gasteiger partial charge in [-0.3, -0.25) is 0 Å². The van der Waals surface area contributed by atoms with Gasteiger partial charge in [-0.1, -0.05) is 48.9 Å². The summed E-state index contributed by atoms with van der Waals surface area (Å²) < 4.78 is 0.842. The molecule has 0 fully saturated rings. The summed E-state index contributed by atoms with van der Waals surface area (Å²) in [5, 5.41) is 3.48. The number of nitrogens with one attached hydrogen (secondary N) is 1. The number of hydrogen-bond acceptors (Lipinski definition) is 2. The van der Waals surface area contributed by atoms with Crippen LogP contribution in [0.2, 0.25) is 4.34 Å². The zero-order valence-corrected chi connectivity index (χ0v) is 10.7. The summed E-state index contributed by atoms with van der Waals surface area (Å²) in [6.07, 6.45) is 0. The average molecular weight is 252 g/mol. The van der Waals surface area contributed by atoms with Gasteiger partial charge in [0.15, 0.2) is 0 Å². The molecule has 0 saturated carbocycles. The van der Waals surface area contributed by atoms with Crippen molar-refractivity contribution in [3.63, 3.8) is 0 Å². The Labute approximate surface area is 105 Å². The van der Waals surface area contributed by atoms with E-state index in [4.69, 9.17) is 11.6 Å². The molecule has 1 nitrogen and oxygen atoms in total. The zero-order valence-electron chi connectivity index (χ0n) is 9.11. The maximum absolute atomic E-state index is 5.98. The minimum Gasteiger partial charge on any atom is -0.306 e. The lowest BCUT2D eigenvalue weighted by atomic mass is 10.1. The first-order valence-electron chi connectivity index (χ1n) is 5.35. The van der Waals surface area contributed by atoms with Gasteiger partial charge in [0.05, 0.1) is 10.4 Å². The van der Waals surface area contributed by atoms with Crippen molar-refractivity contribution >= 4 is 22.9 Å². The third kappa shape index (κ3) is 2.64. The first-order chi connectivity index (χ1) is 7.81. The van der Waals surface area contributed by atoms with E-state index in [9.17, 15) is 0 Å². The first-order valence-corrected chi connectivity index (χ1v) is 6.54. The summed E-state index contributed by atoms with van der Waals surface area (Å²) in [6.45, 7) is 3.06. The third-order valence-electron chi connectivity index (χ3n) is 2.42. The van der Waals surface area contributed by atoms with Crippen LogP contribution in [0.15, 0.2) is 42.5 Å². The molecule has 16 heavy (non-hydrogen) atoms. The molecular formula is C13H14ClNS. The van der Waals surface area contributed by atoms with Crippen molar-refractivity contribution in [2.24, 2.45) is 0 Å². The summed E-state index contributed by atoms with van der Waals surface area (Å²) in [5.74, 6) is 0. The molecule has 0 spiro atoms. The number of benzene rings is 1. The van der Waals surface area contributed by atoms with Crippen LogP contribution in [0, 0.1) is 0 Å². The molecule has 2 rings (SSSR count). The highest BCUT2D eigenvalue weighted by molar-refractivity contribution is 7.16. The molecule has 1 heterocycles. The van der Waals surface area contributed by atoms with Crippen molar-refractivity contribution in [1.82, 2.24) is 5.32 Å². The van der Waals surface area contributed by atoms with Gasteiger partial charge in [-0.05, 0) is 24.2 Å². The summed E-state index contributed by atoms with van der Waals surface area (Å²) in [7, 11) is 0. The van der Waals surface area contributed by atoms with Gasteiger partial charge in [-0.15, -0.1) is 11.3 Å². The standard InChI is InChI=1S/C13H14ClNS/c1-2-15-13(10-6-4-3-5-7-10)11-8-9-12(14)16-11/h3-9,13,15H,2H2,1H3. The predicted octanol–water partition coefficient (Wildman–Crippen LogP) is 4.10. The van der Waals surface area contributed by atoms with E-state index < -0.39 is 0 Å². The van der Waals surface area contributed by atoms with E-state index >= 15 is 0 Å². The van der Waals surface area contributed by atoms with Crippen molar-refractivity contribution < 1.29 is 0 Å². The highest BCUT2D eigenvalue weighted by atomic mass is 35.5. The lowest BCUT2D eigenvalue weighted by Gasteiger charge is -2.16. The Hall–Kier alpha value is -0.830. The van der Waals surface area contributed by atoms with Crippen molar-refractivity contribution in [3.8, 4) is 0 Å². The minimum atomic E-state index is 0.253. The molecule has 0 radical (unpaired) electrons. The molecular weight excluding hydrogens is 238 g/mol. The molecule has 0 aliphatic heterocycles. The van der Waals surface area contributed by atoms with Crippen LogP contribution in [0.25, 0.3) is 0 Å². The third-order valence-corrected chi connectivity index (χ3v) is 3.72. The molecule has 0 bridgehead atoms.